The maximum absolute atomic E-state index is 12.6. The van der Waals surface area contributed by atoms with Gasteiger partial charge in [-0.3, -0.25) is 9.59 Å². The number of ether oxygens (including phenoxy) is 1. The fourth-order valence-electron chi connectivity index (χ4n) is 3.93. The Kier molecular flexibility index (Phi) is 5.55. The van der Waals surface area contributed by atoms with Gasteiger partial charge in [0, 0.05) is 44.2 Å². The maximum Gasteiger partial charge on any atom is 0.272 e. The van der Waals surface area contributed by atoms with Crippen molar-refractivity contribution in [3.8, 4) is 5.88 Å². The molecule has 1 saturated heterocycles. The Morgan fingerprint density at radius 1 is 1.24 bits per heavy atom. The average Bonchev–Trinajstić information content (AvgIpc) is 3.17. The minimum absolute atomic E-state index is 0.000407. The van der Waals surface area contributed by atoms with Crippen LogP contribution in [-0.2, 0) is 6.54 Å². The number of rotatable bonds is 5. The number of carbonyl (C=O) groups excluding carboxylic acids is 1. The van der Waals surface area contributed by atoms with Crippen molar-refractivity contribution in [2.24, 2.45) is 0 Å². The molecular formula is C20H28N6O3. The predicted molar refractivity (Wildman–Crippen MR) is 109 cm³/mol. The van der Waals surface area contributed by atoms with E-state index in [1.165, 1.54) is 4.68 Å². The van der Waals surface area contributed by atoms with Crippen molar-refractivity contribution in [3.05, 3.63) is 34.2 Å². The van der Waals surface area contributed by atoms with Crippen LogP contribution in [0.25, 0.3) is 0 Å². The van der Waals surface area contributed by atoms with Crippen LogP contribution < -0.4 is 20.5 Å². The summed E-state index contributed by atoms with van der Waals surface area (Å²) in [6.07, 6.45) is 4.04. The quantitative estimate of drug-likeness (QED) is 0.819. The minimum atomic E-state index is -0.193. The summed E-state index contributed by atoms with van der Waals surface area (Å²) in [5.41, 5.74) is 0.285. The molecule has 0 spiro atoms. The van der Waals surface area contributed by atoms with Crippen molar-refractivity contribution in [2.75, 3.05) is 24.6 Å². The molecule has 2 aliphatic rings. The van der Waals surface area contributed by atoms with Crippen molar-refractivity contribution in [2.45, 2.75) is 58.2 Å². The molecule has 1 amide bonds. The first kappa shape index (κ1) is 19.5. The lowest BCUT2D eigenvalue weighted by Crippen LogP contribution is -2.47. The smallest absolute Gasteiger partial charge is 0.272 e. The van der Waals surface area contributed by atoms with Gasteiger partial charge in [0.15, 0.2) is 5.69 Å². The van der Waals surface area contributed by atoms with Crippen molar-refractivity contribution in [3.63, 3.8) is 0 Å². The molecule has 1 fully saturated rings. The highest BCUT2D eigenvalue weighted by Gasteiger charge is 2.26. The van der Waals surface area contributed by atoms with Gasteiger partial charge < -0.3 is 15.0 Å². The van der Waals surface area contributed by atoms with Gasteiger partial charge in [0.1, 0.15) is 5.82 Å². The Labute approximate surface area is 169 Å². The summed E-state index contributed by atoms with van der Waals surface area (Å²) >= 11 is 0. The van der Waals surface area contributed by atoms with Crippen LogP contribution in [0.15, 0.2) is 23.0 Å². The van der Waals surface area contributed by atoms with E-state index in [0.717, 1.165) is 44.6 Å². The van der Waals surface area contributed by atoms with Gasteiger partial charge in [-0.25, -0.2) is 9.36 Å². The normalized spacial score (nSPS) is 19.0. The number of nitrogens with one attached hydrogen (secondary N) is 1. The summed E-state index contributed by atoms with van der Waals surface area (Å²) in [5, 5.41) is 11.9. The van der Waals surface area contributed by atoms with E-state index in [0.29, 0.717) is 24.7 Å². The Bertz CT molecular complexity index is 911. The molecule has 29 heavy (non-hydrogen) atoms. The first-order valence-corrected chi connectivity index (χ1v) is 10.4. The molecule has 0 saturated carbocycles. The van der Waals surface area contributed by atoms with E-state index in [1.807, 2.05) is 13.8 Å². The number of aromatic nitrogens is 4. The minimum Gasteiger partial charge on any atom is -0.478 e. The summed E-state index contributed by atoms with van der Waals surface area (Å²) in [6.45, 7) is 6.69. The second kappa shape index (κ2) is 8.26. The fraction of sp³-hybridized carbons (Fsp3) is 0.600. The number of nitrogens with zero attached hydrogens (tertiary/aromatic N) is 5. The lowest BCUT2D eigenvalue weighted by Gasteiger charge is -2.36. The van der Waals surface area contributed by atoms with E-state index in [2.05, 4.69) is 20.4 Å². The van der Waals surface area contributed by atoms with E-state index >= 15 is 0 Å². The van der Waals surface area contributed by atoms with Gasteiger partial charge in [-0.15, -0.1) is 0 Å². The van der Waals surface area contributed by atoms with Gasteiger partial charge >= 0.3 is 0 Å². The largest absolute Gasteiger partial charge is 0.478 e. The van der Waals surface area contributed by atoms with Gasteiger partial charge in [-0.2, -0.15) is 10.2 Å². The summed E-state index contributed by atoms with van der Waals surface area (Å²) in [6, 6.07) is 5.18. The zero-order valence-electron chi connectivity index (χ0n) is 17.0. The predicted octanol–water partition coefficient (Wildman–Crippen LogP) is 1.59. The van der Waals surface area contributed by atoms with Crippen molar-refractivity contribution < 1.29 is 9.53 Å². The van der Waals surface area contributed by atoms with Crippen LogP contribution >= 0.6 is 0 Å². The number of hydrogen-bond donors (Lipinski definition) is 1. The van der Waals surface area contributed by atoms with Gasteiger partial charge in [0.05, 0.1) is 12.6 Å². The highest BCUT2D eigenvalue weighted by Crippen LogP contribution is 2.23. The van der Waals surface area contributed by atoms with Crippen LogP contribution in [0.1, 0.15) is 56.1 Å². The standard InChI is InChI=1S/C20H28N6O3/c1-14(2)26-18(27)8-7-17(23-26)24-9-4-3-6-15(24)13-21-20(28)16-12-19-25(22-16)10-5-11-29-19/h7-8,12,14-15H,3-6,9-11,13H2,1-2H3,(H,21,28). The highest BCUT2D eigenvalue weighted by atomic mass is 16.5. The molecule has 2 aromatic heterocycles. The lowest BCUT2D eigenvalue weighted by molar-refractivity contribution is 0.0943. The number of anilines is 1. The molecule has 1 N–H and O–H groups in total. The van der Waals surface area contributed by atoms with E-state index in [1.54, 1.807) is 22.9 Å². The molecule has 4 rings (SSSR count). The first-order valence-electron chi connectivity index (χ1n) is 10.4. The van der Waals surface area contributed by atoms with Crippen molar-refractivity contribution >= 4 is 11.7 Å². The number of amides is 1. The number of hydrogen-bond acceptors (Lipinski definition) is 6. The lowest BCUT2D eigenvalue weighted by atomic mass is 10.0. The van der Waals surface area contributed by atoms with Crippen LogP contribution in [-0.4, -0.2) is 51.2 Å². The second-order valence-electron chi connectivity index (χ2n) is 7.91. The third-order valence-corrected chi connectivity index (χ3v) is 5.46. The number of piperidine rings is 1. The Hall–Kier alpha value is -2.84. The second-order valence-corrected chi connectivity index (χ2v) is 7.91. The van der Waals surface area contributed by atoms with Crippen molar-refractivity contribution in [1.29, 1.82) is 0 Å². The van der Waals surface area contributed by atoms with Crippen LogP contribution in [0.4, 0.5) is 5.82 Å². The molecule has 1 unspecified atom stereocenters. The van der Waals surface area contributed by atoms with E-state index < -0.39 is 0 Å². The summed E-state index contributed by atoms with van der Waals surface area (Å²) in [5.74, 6) is 1.24. The third-order valence-electron chi connectivity index (χ3n) is 5.46. The van der Waals surface area contributed by atoms with E-state index in [-0.39, 0.29) is 23.6 Å². The molecule has 9 heteroatoms. The van der Waals surface area contributed by atoms with Gasteiger partial charge in [-0.05, 0) is 39.2 Å². The summed E-state index contributed by atoms with van der Waals surface area (Å²) in [4.78, 5) is 26.9. The van der Waals surface area contributed by atoms with Crippen LogP contribution in [0.5, 0.6) is 5.88 Å². The fourth-order valence-corrected chi connectivity index (χ4v) is 3.93. The van der Waals surface area contributed by atoms with Gasteiger partial charge in [-0.1, -0.05) is 0 Å². The van der Waals surface area contributed by atoms with E-state index in [9.17, 15) is 9.59 Å². The molecular weight excluding hydrogens is 372 g/mol. The molecule has 0 bridgehead atoms. The zero-order chi connectivity index (χ0) is 20.4. The topological polar surface area (TPSA) is 94.3 Å². The molecule has 0 aliphatic carbocycles. The Balaban J connectivity index is 1.45. The molecule has 2 aromatic rings. The summed E-state index contributed by atoms with van der Waals surface area (Å²) in [7, 11) is 0. The molecule has 1 atom stereocenters. The molecule has 4 heterocycles. The molecule has 9 nitrogen and oxygen atoms in total. The Morgan fingerprint density at radius 3 is 2.90 bits per heavy atom. The van der Waals surface area contributed by atoms with Crippen molar-refractivity contribution in [1.82, 2.24) is 24.9 Å². The van der Waals surface area contributed by atoms with E-state index in [4.69, 9.17) is 4.74 Å². The number of carbonyl (C=O) groups is 1. The zero-order valence-corrected chi connectivity index (χ0v) is 17.0. The molecule has 0 radical (unpaired) electrons. The number of aryl methyl sites for hydroxylation is 1. The molecule has 0 aromatic carbocycles. The van der Waals surface area contributed by atoms with Crippen LogP contribution in [0.2, 0.25) is 0 Å². The molecule has 2 aliphatic heterocycles. The number of fused-ring (bicyclic) bond motifs is 1. The maximum atomic E-state index is 12.6. The SMILES string of the molecule is CC(C)n1nc(N2CCCCC2CNC(=O)c2cc3n(n2)CCCO3)ccc1=O. The van der Waals surface area contributed by atoms with Crippen LogP contribution in [0, 0.1) is 0 Å². The third kappa shape index (κ3) is 4.13. The first-order chi connectivity index (χ1) is 14.0. The van der Waals surface area contributed by atoms with Gasteiger partial charge in [0.2, 0.25) is 5.88 Å². The monoisotopic (exact) mass is 400 g/mol. The van der Waals surface area contributed by atoms with Crippen LogP contribution in [0.3, 0.4) is 0 Å². The Morgan fingerprint density at radius 2 is 2.10 bits per heavy atom. The molecule has 156 valence electrons. The highest BCUT2D eigenvalue weighted by molar-refractivity contribution is 5.92. The van der Waals surface area contributed by atoms with Gasteiger partial charge in [0.25, 0.3) is 11.5 Å². The summed E-state index contributed by atoms with van der Waals surface area (Å²) < 4.78 is 8.79. The average molecular weight is 400 g/mol.